The highest BCUT2D eigenvalue weighted by atomic mass is 35.5. The summed E-state index contributed by atoms with van der Waals surface area (Å²) in [6.07, 6.45) is 3.58. The maximum absolute atomic E-state index is 11.8. The average Bonchev–Trinajstić information content (AvgIpc) is 2.28. The summed E-state index contributed by atoms with van der Waals surface area (Å²) in [6, 6.07) is 4.10. The third-order valence-corrected chi connectivity index (χ3v) is 3.70. The number of hydrogen-bond acceptors (Lipinski definition) is 2. The number of nitrogens with zero attached hydrogens (tertiary/aromatic N) is 2. The third kappa shape index (κ3) is 1.50. The molecular formula is C12H13ClN2O. The Morgan fingerprint density at radius 3 is 3.12 bits per heavy atom. The van der Waals surface area contributed by atoms with E-state index in [1.54, 1.807) is 0 Å². The molecule has 1 fully saturated rings. The molecule has 4 heteroatoms. The lowest BCUT2D eigenvalue weighted by molar-refractivity contribution is -0.137. The van der Waals surface area contributed by atoms with Crippen molar-refractivity contribution in [1.29, 1.82) is 0 Å². The highest BCUT2D eigenvalue weighted by molar-refractivity contribution is 6.29. The van der Waals surface area contributed by atoms with E-state index in [1.807, 2.05) is 17.0 Å². The van der Waals surface area contributed by atoms with Gasteiger partial charge in [-0.15, -0.1) is 0 Å². The standard InChI is InChI=1S/C12H13ClN2O/c13-11-5-4-8-9(14-11)6-7-15-10(8)2-1-3-12(15)16/h4-5,10H,1-3,6-7H2. The molecule has 3 rings (SSSR count). The first-order chi connectivity index (χ1) is 7.75. The zero-order chi connectivity index (χ0) is 11.1. The molecule has 0 radical (unpaired) electrons. The van der Waals surface area contributed by atoms with Crippen molar-refractivity contribution in [2.45, 2.75) is 31.7 Å². The van der Waals surface area contributed by atoms with Gasteiger partial charge in [-0.2, -0.15) is 0 Å². The van der Waals surface area contributed by atoms with E-state index in [0.29, 0.717) is 11.6 Å². The Balaban J connectivity index is 2.02. The number of hydrogen-bond donors (Lipinski definition) is 0. The Hall–Kier alpha value is -1.09. The van der Waals surface area contributed by atoms with Crippen LogP contribution >= 0.6 is 11.6 Å². The minimum Gasteiger partial charge on any atom is -0.335 e. The molecule has 1 aromatic rings. The van der Waals surface area contributed by atoms with Crippen LogP contribution in [0.5, 0.6) is 0 Å². The molecule has 2 aliphatic rings. The molecule has 1 unspecified atom stereocenters. The molecule has 2 aliphatic heterocycles. The number of piperidine rings is 1. The van der Waals surface area contributed by atoms with Gasteiger partial charge < -0.3 is 4.90 Å². The van der Waals surface area contributed by atoms with Crippen LogP contribution < -0.4 is 0 Å². The summed E-state index contributed by atoms with van der Waals surface area (Å²) in [5, 5.41) is 0.550. The second-order valence-electron chi connectivity index (χ2n) is 4.42. The maximum atomic E-state index is 11.8. The molecule has 0 spiro atoms. The first-order valence-corrected chi connectivity index (χ1v) is 6.08. The minimum atomic E-state index is 0.245. The summed E-state index contributed by atoms with van der Waals surface area (Å²) in [4.78, 5) is 18.1. The lowest BCUT2D eigenvalue weighted by Gasteiger charge is -2.40. The molecule has 1 aromatic heterocycles. The van der Waals surface area contributed by atoms with Crippen LogP contribution in [0, 0.1) is 0 Å². The van der Waals surface area contributed by atoms with Gasteiger partial charge >= 0.3 is 0 Å². The summed E-state index contributed by atoms with van der Waals surface area (Å²) in [5.74, 6) is 0.289. The second-order valence-corrected chi connectivity index (χ2v) is 4.80. The van der Waals surface area contributed by atoms with Crippen molar-refractivity contribution in [3.05, 3.63) is 28.5 Å². The molecule has 1 saturated heterocycles. The van der Waals surface area contributed by atoms with Gasteiger partial charge in [0.05, 0.1) is 6.04 Å². The monoisotopic (exact) mass is 236 g/mol. The Morgan fingerprint density at radius 2 is 2.25 bits per heavy atom. The van der Waals surface area contributed by atoms with Crippen LogP contribution in [0.15, 0.2) is 12.1 Å². The summed E-state index contributed by atoms with van der Waals surface area (Å²) in [5.41, 5.74) is 2.27. The molecule has 3 heterocycles. The number of carbonyl (C=O) groups is 1. The smallest absolute Gasteiger partial charge is 0.223 e. The quantitative estimate of drug-likeness (QED) is 0.648. The zero-order valence-corrected chi connectivity index (χ0v) is 9.70. The molecule has 1 amide bonds. The van der Waals surface area contributed by atoms with Crippen LogP contribution in [-0.4, -0.2) is 22.3 Å². The Bertz CT molecular complexity index is 447. The van der Waals surface area contributed by atoms with E-state index in [4.69, 9.17) is 11.6 Å². The molecule has 0 N–H and O–H groups in total. The van der Waals surface area contributed by atoms with Crippen LogP contribution in [0.4, 0.5) is 0 Å². The molecule has 16 heavy (non-hydrogen) atoms. The number of amides is 1. The van der Waals surface area contributed by atoms with E-state index in [-0.39, 0.29) is 11.9 Å². The number of aromatic nitrogens is 1. The first-order valence-electron chi connectivity index (χ1n) is 5.70. The van der Waals surface area contributed by atoms with Crippen LogP contribution in [0.2, 0.25) is 5.15 Å². The number of carbonyl (C=O) groups excluding carboxylic acids is 1. The molecule has 84 valence electrons. The largest absolute Gasteiger partial charge is 0.335 e. The van der Waals surface area contributed by atoms with Crippen LogP contribution in [0.1, 0.15) is 36.6 Å². The van der Waals surface area contributed by atoms with Crippen molar-refractivity contribution in [1.82, 2.24) is 9.88 Å². The SMILES string of the molecule is O=C1CCCC2c3ccc(Cl)nc3CCN12. The van der Waals surface area contributed by atoms with Crippen molar-refractivity contribution in [3.63, 3.8) is 0 Å². The fourth-order valence-corrected chi connectivity index (χ4v) is 2.90. The molecule has 0 aliphatic carbocycles. The topological polar surface area (TPSA) is 33.2 Å². The first kappa shape index (κ1) is 10.1. The van der Waals surface area contributed by atoms with Crippen molar-refractivity contribution < 1.29 is 4.79 Å². The predicted octanol–water partition coefficient (Wildman–Crippen LogP) is 2.34. The Kier molecular flexibility index (Phi) is 2.36. The van der Waals surface area contributed by atoms with Crippen LogP contribution in [0.3, 0.4) is 0 Å². The van der Waals surface area contributed by atoms with Gasteiger partial charge in [0.1, 0.15) is 5.15 Å². The number of rotatable bonds is 0. The normalized spacial score (nSPS) is 23.9. The van der Waals surface area contributed by atoms with Gasteiger partial charge in [0.2, 0.25) is 5.91 Å². The van der Waals surface area contributed by atoms with Crippen LogP contribution in [-0.2, 0) is 11.2 Å². The summed E-state index contributed by atoms with van der Waals surface area (Å²) in [6.45, 7) is 0.795. The van der Waals surface area contributed by atoms with Gasteiger partial charge in [-0.3, -0.25) is 4.79 Å². The highest BCUT2D eigenvalue weighted by Crippen LogP contribution is 2.36. The van der Waals surface area contributed by atoms with Gasteiger partial charge in [-0.05, 0) is 24.5 Å². The van der Waals surface area contributed by atoms with E-state index in [2.05, 4.69) is 4.98 Å². The molecular weight excluding hydrogens is 224 g/mol. The van der Waals surface area contributed by atoms with E-state index >= 15 is 0 Å². The van der Waals surface area contributed by atoms with E-state index in [0.717, 1.165) is 31.5 Å². The number of halogens is 1. The summed E-state index contributed by atoms with van der Waals surface area (Å²) in [7, 11) is 0. The molecule has 0 aromatic carbocycles. The van der Waals surface area contributed by atoms with Gasteiger partial charge in [-0.1, -0.05) is 17.7 Å². The van der Waals surface area contributed by atoms with Gasteiger partial charge in [0, 0.05) is 25.1 Å². The van der Waals surface area contributed by atoms with Crippen molar-refractivity contribution in [3.8, 4) is 0 Å². The molecule has 0 bridgehead atoms. The fourth-order valence-electron chi connectivity index (χ4n) is 2.74. The zero-order valence-electron chi connectivity index (χ0n) is 8.95. The predicted molar refractivity (Wildman–Crippen MR) is 61.3 cm³/mol. The van der Waals surface area contributed by atoms with E-state index in [9.17, 15) is 4.79 Å². The van der Waals surface area contributed by atoms with Gasteiger partial charge in [-0.25, -0.2) is 4.98 Å². The summed E-state index contributed by atoms with van der Waals surface area (Å²) < 4.78 is 0. The Morgan fingerprint density at radius 1 is 1.38 bits per heavy atom. The molecule has 0 saturated carbocycles. The van der Waals surface area contributed by atoms with E-state index < -0.39 is 0 Å². The average molecular weight is 237 g/mol. The molecule has 3 nitrogen and oxygen atoms in total. The fraction of sp³-hybridized carbons (Fsp3) is 0.500. The van der Waals surface area contributed by atoms with Crippen molar-refractivity contribution >= 4 is 17.5 Å². The Labute approximate surface area is 99.4 Å². The second kappa shape index (κ2) is 3.74. The van der Waals surface area contributed by atoms with Crippen LogP contribution in [0.25, 0.3) is 0 Å². The lowest BCUT2D eigenvalue weighted by atomic mass is 9.89. The van der Waals surface area contributed by atoms with E-state index in [1.165, 1.54) is 5.56 Å². The molecule has 1 atom stereocenters. The lowest BCUT2D eigenvalue weighted by Crippen LogP contribution is -2.42. The number of pyridine rings is 1. The number of fused-ring (bicyclic) bond motifs is 3. The maximum Gasteiger partial charge on any atom is 0.223 e. The van der Waals surface area contributed by atoms with Gasteiger partial charge in [0.25, 0.3) is 0 Å². The van der Waals surface area contributed by atoms with Crippen molar-refractivity contribution in [2.24, 2.45) is 0 Å². The van der Waals surface area contributed by atoms with Gasteiger partial charge in [0.15, 0.2) is 0 Å². The van der Waals surface area contributed by atoms with Crippen molar-refractivity contribution in [2.75, 3.05) is 6.54 Å². The third-order valence-electron chi connectivity index (χ3n) is 3.49. The minimum absolute atomic E-state index is 0.245. The summed E-state index contributed by atoms with van der Waals surface area (Å²) >= 11 is 5.89. The highest BCUT2D eigenvalue weighted by Gasteiger charge is 2.33.